The van der Waals surface area contributed by atoms with Crippen LogP contribution in [0.15, 0.2) is 18.2 Å². The third kappa shape index (κ3) is 3.88. The van der Waals surface area contributed by atoms with Crippen molar-refractivity contribution in [1.29, 1.82) is 0 Å². The van der Waals surface area contributed by atoms with E-state index in [1.54, 1.807) is 0 Å². The monoisotopic (exact) mass is 357 g/mol. The largest absolute Gasteiger partial charge is 0.492 e. The maximum absolute atomic E-state index is 6.11. The first-order chi connectivity index (χ1) is 12.6. The van der Waals surface area contributed by atoms with Crippen LogP contribution in [0, 0.1) is 0 Å². The molecule has 1 fully saturated rings. The van der Waals surface area contributed by atoms with Crippen LogP contribution < -0.4 is 26.4 Å². The SMILES string of the molecule is CC1CC(N)NC(Nc2cc3c(c(C4=CCN(C)CCC4)c2)OCC3)N1. The summed E-state index contributed by atoms with van der Waals surface area (Å²) in [5.74, 6) is 1.08. The van der Waals surface area contributed by atoms with Crippen molar-refractivity contribution < 1.29 is 4.74 Å². The number of ether oxygens (including phenoxy) is 1. The number of fused-ring (bicyclic) bond motifs is 1. The van der Waals surface area contributed by atoms with Crippen LogP contribution in [0.2, 0.25) is 0 Å². The number of nitrogens with one attached hydrogen (secondary N) is 3. The Balaban J connectivity index is 1.61. The van der Waals surface area contributed by atoms with Crippen molar-refractivity contribution in [2.45, 2.75) is 51.1 Å². The standard InChI is InChI=1S/C20H31N5O/c1-13-10-18(21)24-20(22-13)23-16-11-15-6-9-26-19(15)17(12-16)14-4-3-7-25(2)8-5-14/h5,11-13,18,20,22-24H,3-4,6-10,21H2,1-2H3. The Morgan fingerprint density at radius 2 is 2.15 bits per heavy atom. The van der Waals surface area contributed by atoms with Crippen molar-refractivity contribution in [3.8, 4) is 5.75 Å². The van der Waals surface area contributed by atoms with Gasteiger partial charge >= 0.3 is 0 Å². The smallest absolute Gasteiger partial charge is 0.133 e. The molecule has 3 unspecified atom stereocenters. The molecule has 0 radical (unpaired) electrons. The molecule has 1 aromatic rings. The first-order valence-corrected chi connectivity index (χ1v) is 9.80. The van der Waals surface area contributed by atoms with Crippen molar-refractivity contribution in [3.05, 3.63) is 29.3 Å². The number of likely N-dealkylation sites (N-methyl/N-ethyl adjacent to an activating group) is 1. The molecule has 3 heterocycles. The molecule has 3 aliphatic rings. The molecule has 4 rings (SSSR count). The Labute approximate surface area is 156 Å². The minimum absolute atomic E-state index is 0.0149. The first-order valence-electron chi connectivity index (χ1n) is 9.80. The highest BCUT2D eigenvalue weighted by molar-refractivity contribution is 5.76. The lowest BCUT2D eigenvalue weighted by Crippen LogP contribution is -2.63. The maximum atomic E-state index is 6.11. The number of hydrogen-bond donors (Lipinski definition) is 4. The lowest BCUT2D eigenvalue weighted by Gasteiger charge is -2.35. The van der Waals surface area contributed by atoms with Gasteiger partial charge in [-0.25, -0.2) is 0 Å². The molecule has 6 heteroatoms. The van der Waals surface area contributed by atoms with E-state index in [1.807, 2.05) is 0 Å². The van der Waals surface area contributed by atoms with Gasteiger partial charge in [0.15, 0.2) is 0 Å². The molecular weight excluding hydrogens is 326 g/mol. The van der Waals surface area contributed by atoms with E-state index in [0.29, 0.717) is 6.04 Å². The average Bonchev–Trinajstić information content (AvgIpc) is 2.94. The molecule has 3 atom stereocenters. The van der Waals surface area contributed by atoms with Crippen molar-refractivity contribution in [2.75, 3.05) is 32.1 Å². The average molecular weight is 358 g/mol. The Kier molecular flexibility index (Phi) is 5.18. The maximum Gasteiger partial charge on any atom is 0.133 e. The van der Waals surface area contributed by atoms with Gasteiger partial charge in [-0.1, -0.05) is 6.08 Å². The summed E-state index contributed by atoms with van der Waals surface area (Å²) in [5.41, 5.74) is 11.2. The topological polar surface area (TPSA) is 74.6 Å². The summed E-state index contributed by atoms with van der Waals surface area (Å²) in [7, 11) is 2.18. The highest BCUT2D eigenvalue weighted by atomic mass is 16.5. The molecule has 0 aliphatic carbocycles. The molecule has 26 heavy (non-hydrogen) atoms. The van der Waals surface area contributed by atoms with Crippen LogP contribution in [0.1, 0.15) is 37.3 Å². The molecule has 0 spiro atoms. The third-order valence-corrected chi connectivity index (χ3v) is 5.52. The molecule has 0 aromatic heterocycles. The van der Waals surface area contributed by atoms with Gasteiger partial charge in [0.1, 0.15) is 12.0 Å². The highest BCUT2D eigenvalue weighted by Crippen LogP contribution is 2.39. The van der Waals surface area contributed by atoms with E-state index < -0.39 is 0 Å². The van der Waals surface area contributed by atoms with Gasteiger partial charge in [-0.2, -0.15) is 0 Å². The predicted octanol–water partition coefficient (Wildman–Crippen LogP) is 1.68. The van der Waals surface area contributed by atoms with Crippen LogP contribution in [0.25, 0.3) is 5.57 Å². The minimum Gasteiger partial charge on any atom is -0.492 e. The van der Waals surface area contributed by atoms with Crippen LogP contribution in [-0.2, 0) is 6.42 Å². The van der Waals surface area contributed by atoms with Crippen molar-refractivity contribution in [2.24, 2.45) is 5.73 Å². The van der Waals surface area contributed by atoms with E-state index in [9.17, 15) is 0 Å². The number of benzene rings is 1. The van der Waals surface area contributed by atoms with Gasteiger partial charge in [-0.05, 0) is 57.5 Å². The lowest BCUT2D eigenvalue weighted by atomic mass is 9.96. The summed E-state index contributed by atoms with van der Waals surface area (Å²) in [6, 6.07) is 4.86. The molecule has 1 aromatic carbocycles. The number of allylic oxidation sites excluding steroid dienone is 1. The minimum atomic E-state index is -0.0174. The van der Waals surface area contributed by atoms with Gasteiger partial charge in [-0.15, -0.1) is 0 Å². The fraction of sp³-hybridized carbons (Fsp3) is 0.600. The first kappa shape index (κ1) is 17.8. The number of rotatable bonds is 3. The number of nitrogens with zero attached hydrogens (tertiary/aromatic N) is 1. The van der Waals surface area contributed by atoms with Gasteiger partial charge in [-0.3, -0.25) is 10.6 Å². The quantitative estimate of drug-likeness (QED) is 0.660. The van der Waals surface area contributed by atoms with Crippen LogP contribution >= 0.6 is 0 Å². The predicted molar refractivity (Wildman–Crippen MR) is 106 cm³/mol. The molecule has 3 aliphatic heterocycles. The zero-order valence-electron chi connectivity index (χ0n) is 15.8. The van der Waals surface area contributed by atoms with E-state index >= 15 is 0 Å². The third-order valence-electron chi connectivity index (χ3n) is 5.52. The number of nitrogens with two attached hydrogens (primary N) is 1. The molecule has 0 amide bonds. The summed E-state index contributed by atoms with van der Waals surface area (Å²) in [4.78, 5) is 2.37. The van der Waals surface area contributed by atoms with Crippen molar-refractivity contribution in [3.63, 3.8) is 0 Å². The van der Waals surface area contributed by atoms with Gasteiger partial charge in [0, 0.05) is 35.8 Å². The summed E-state index contributed by atoms with van der Waals surface area (Å²) in [6.45, 7) is 5.09. The van der Waals surface area contributed by atoms with E-state index in [1.165, 1.54) is 23.1 Å². The zero-order chi connectivity index (χ0) is 18.1. The van der Waals surface area contributed by atoms with E-state index in [0.717, 1.165) is 50.4 Å². The summed E-state index contributed by atoms with van der Waals surface area (Å²) in [6.07, 6.45) is 6.56. The van der Waals surface area contributed by atoms with Crippen molar-refractivity contribution >= 4 is 11.3 Å². The molecule has 1 saturated heterocycles. The van der Waals surface area contributed by atoms with Gasteiger partial charge < -0.3 is 20.7 Å². The Morgan fingerprint density at radius 3 is 3.00 bits per heavy atom. The van der Waals surface area contributed by atoms with E-state index in [-0.39, 0.29) is 12.5 Å². The molecule has 5 N–H and O–H groups in total. The highest BCUT2D eigenvalue weighted by Gasteiger charge is 2.25. The Morgan fingerprint density at radius 1 is 1.27 bits per heavy atom. The molecule has 6 nitrogen and oxygen atoms in total. The fourth-order valence-electron chi connectivity index (χ4n) is 4.19. The summed E-state index contributed by atoms with van der Waals surface area (Å²) < 4.78 is 6.00. The van der Waals surface area contributed by atoms with Crippen molar-refractivity contribution in [1.82, 2.24) is 15.5 Å². The second-order valence-electron chi connectivity index (χ2n) is 7.86. The Hall–Kier alpha value is -1.60. The molecule has 0 bridgehead atoms. The van der Waals surface area contributed by atoms with Gasteiger partial charge in [0.05, 0.1) is 12.8 Å². The number of hydrogen-bond acceptors (Lipinski definition) is 6. The zero-order valence-corrected chi connectivity index (χ0v) is 15.8. The van der Waals surface area contributed by atoms with E-state index in [4.69, 9.17) is 10.5 Å². The second kappa shape index (κ2) is 7.56. The van der Waals surface area contributed by atoms with Gasteiger partial charge in [0.2, 0.25) is 0 Å². The Bertz CT molecular complexity index is 679. The summed E-state index contributed by atoms with van der Waals surface area (Å²) in [5, 5.41) is 10.5. The van der Waals surface area contributed by atoms with Crippen LogP contribution in [0.5, 0.6) is 5.75 Å². The molecule has 142 valence electrons. The lowest BCUT2D eigenvalue weighted by molar-refractivity contribution is 0.275. The number of anilines is 1. The van der Waals surface area contributed by atoms with Crippen LogP contribution in [-0.4, -0.2) is 50.1 Å². The molecule has 0 saturated carbocycles. The van der Waals surface area contributed by atoms with Crippen LogP contribution in [0.3, 0.4) is 0 Å². The normalized spacial score (nSPS) is 29.5. The van der Waals surface area contributed by atoms with Crippen LogP contribution in [0.4, 0.5) is 5.69 Å². The fourth-order valence-corrected chi connectivity index (χ4v) is 4.19. The molecular formula is C20H31N5O. The van der Waals surface area contributed by atoms with Gasteiger partial charge in [0.25, 0.3) is 0 Å². The van der Waals surface area contributed by atoms with E-state index in [2.05, 4.69) is 53.0 Å². The summed E-state index contributed by atoms with van der Waals surface area (Å²) >= 11 is 0. The second-order valence-corrected chi connectivity index (χ2v) is 7.86.